The van der Waals surface area contributed by atoms with Crippen LogP contribution in [0.3, 0.4) is 0 Å². The predicted octanol–water partition coefficient (Wildman–Crippen LogP) is 1.77. The molecule has 0 saturated carbocycles. The number of ether oxygens (including phenoxy) is 3. The molecule has 0 heterocycles. The first-order valence-corrected chi connectivity index (χ1v) is 4.95. The number of nitriles is 1. The van der Waals surface area contributed by atoms with E-state index in [2.05, 4.69) is 4.74 Å². The van der Waals surface area contributed by atoms with Crippen LogP contribution < -0.4 is 9.47 Å². The van der Waals surface area contributed by atoms with Crippen LogP contribution in [0.1, 0.15) is 17.3 Å². The van der Waals surface area contributed by atoms with E-state index in [1.54, 1.807) is 19.1 Å². The summed E-state index contributed by atoms with van der Waals surface area (Å²) in [5.41, 5.74) is 0.362. The van der Waals surface area contributed by atoms with E-state index in [1.807, 2.05) is 6.07 Å². The normalized spacial score (nSPS) is 11.2. The number of benzene rings is 1. The van der Waals surface area contributed by atoms with Crippen LogP contribution >= 0.6 is 0 Å². The molecule has 0 radical (unpaired) electrons. The highest BCUT2D eigenvalue weighted by molar-refractivity contribution is 5.90. The first-order valence-electron chi connectivity index (χ1n) is 4.95. The predicted molar refractivity (Wildman–Crippen MR) is 60.0 cm³/mol. The molecule has 1 aromatic carbocycles. The minimum atomic E-state index is -0.590. The van der Waals surface area contributed by atoms with Crippen molar-refractivity contribution in [1.82, 2.24) is 0 Å². The molecule has 90 valence electrons. The number of esters is 1. The number of hydrogen-bond donors (Lipinski definition) is 0. The lowest BCUT2D eigenvalue weighted by Crippen LogP contribution is -2.09. The van der Waals surface area contributed by atoms with Crippen molar-refractivity contribution in [3.05, 3.63) is 23.8 Å². The molecule has 0 unspecified atom stereocenters. The van der Waals surface area contributed by atoms with Crippen LogP contribution in [0.5, 0.6) is 11.5 Å². The Morgan fingerprint density at radius 1 is 1.35 bits per heavy atom. The van der Waals surface area contributed by atoms with Crippen molar-refractivity contribution in [1.29, 1.82) is 5.26 Å². The number of rotatable bonds is 4. The lowest BCUT2D eigenvalue weighted by atomic mass is 10.2. The molecule has 0 aliphatic heterocycles. The number of hydrogen-bond acceptors (Lipinski definition) is 5. The summed E-state index contributed by atoms with van der Waals surface area (Å²) in [5, 5.41) is 8.65. The smallest absolute Gasteiger partial charge is 0.337 e. The lowest BCUT2D eigenvalue weighted by Gasteiger charge is -2.12. The average molecular weight is 235 g/mol. The molecule has 0 spiro atoms. The highest BCUT2D eigenvalue weighted by Gasteiger charge is 2.12. The van der Waals surface area contributed by atoms with Crippen LogP contribution in [0.25, 0.3) is 0 Å². The SMILES string of the molecule is COC(=O)c1ccc(O[C@@H](C)C#N)c(OC)c1. The fraction of sp³-hybridized carbons (Fsp3) is 0.333. The molecule has 0 bridgehead atoms. The number of carbonyl (C=O) groups excluding carboxylic acids is 1. The summed E-state index contributed by atoms with van der Waals surface area (Å²) < 4.78 is 15.0. The van der Waals surface area contributed by atoms with Gasteiger partial charge in [-0.3, -0.25) is 0 Å². The van der Waals surface area contributed by atoms with Gasteiger partial charge in [0, 0.05) is 0 Å². The summed E-state index contributed by atoms with van der Waals surface area (Å²) in [6.07, 6.45) is -0.590. The zero-order valence-corrected chi connectivity index (χ0v) is 9.89. The summed E-state index contributed by atoms with van der Waals surface area (Å²) >= 11 is 0. The molecule has 0 fully saturated rings. The number of carbonyl (C=O) groups is 1. The van der Waals surface area contributed by atoms with E-state index in [1.165, 1.54) is 20.3 Å². The Morgan fingerprint density at radius 2 is 2.06 bits per heavy atom. The van der Waals surface area contributed by atoms with Crippen LogP contribution in [0.4, 0.5) is 0 Å². The topological polar surface area (TPSA) is 68.5 Å². The highest BCUT2D eigenvalue weighted by atomic mass is 16.5. The van der Waals surface area contributed by atoms with E-state index in [9.17, 15) is 4.79 Å². The van der Waals surface area contributed by atoms with Gasteiger partial charge in [0.25, 0.3) is 0 Å². The summed E-state index contributed by atoms with van der Waals surface area (Å²) in [7, 11) is 2.76. The van der Waals surface area contributed by atoms with E-state index in [-0.39, 0.29) is 0 Å². The van der Waals surface area contributed by atoms with Gasteiger partial charge in [-0.05, 0) is 25.1 Å². The van der Waals surface area contributed by atoms with Gasteiger partial charge in [-0.25, -0.2) is 4.79 Å². The molecule has 1 aromatic rings. The average Bonchev–Trinajstić information content (AvgIpc) is 2.37. The second kappa shape index (κ2) is 5.75. The Bertz CT molecular complexity index is 450. The van der Waals surface area contributed by atoms with E-state index >= 15 is 0 Å². The van der Waals surface area contributed by atoms with E-state index in [0.29, 0.717) is 17.1 Å². The van der Waals surface area contributed by atoms with Crippen molar-refractivity contribution in [2.45, 2.75) is 13.0 Å². The Balaban J connectivity index is 3.02. The largest absolute Gasteiger partial charge is 0.493 e. The molecule has 0 N–H and O–H groups in total. The van der Waals surface area contributed by atoms with Crippen molar-refractivity contribution in [2.75, 3.05) is 14.2 Å². The maximum Gasteiger partial charge on any atom is 0.337 e. The zero-order chi connectivity index (χ0) is 12.8. The Morgan fingerprint density at radius 3 is 2.59 bits per heavy atom. The van der Waals surface area contributed by atoms with Crippen molar-refractivity contribution in [2.24, 2.45) is 0 Å². The van der Waals surface area contributed by atoms with Crippen LogP contribution in [-0.4, -0.2) is 26.3 Å². The maximum absolute atomic E-state index is 11.3. The zero-order valence-electron chi connectivity index (χ0n) is 9.89. The van der Waals surface area contributed by atoms with Gasteiger partial charge in [-0.15, -0.1) is 0 Å². The molecule has 0 saturated heterocycles. The maximum atomic E-state index is 11.3. The standard InChI is InChI=1S/C12H13NO4/c1-8(7-13)17-10-5-4-9(12(14)16-3)6-11(10)15-2/h4-6,8H,1-3H3/t8-/m0/s1. The molecule has 0 aliphatic rings. The number of methoxy groups -OCH3 is 2. The first-order chi connectivity index (χ1) is 8.12. The molecule has 5 heteroatoms. The third-order valence-electron chi connectivity index (χ3n) is 2.07. The Labute approximate surface area is 99.5 Å². The van der Waals surface area contributed by atoms with Crippen LogP contribution in [0.15, 0.2) is 18.2 Å². The fourth-order valence-corrected chi connectivity index (χ4v) is 1.23. The van der Waals surface area contributed by atoms with E-state index in [0.717, 1.165) is 0 Å². The summed E-state index contributed by atoms with van der Waals surface area (Å²) in [4.78, 5) is 11.3. The quantitative estimate of drug-likeness (QED) is 0.744. The van der Waals surface area contributed by atoms with Gasteiger partial charge in [0.05, 0.1) is 19.8 Å². The molecule has 1 rings (SSSR count). The van der Waals surface area contributed by atoms with Gasteiger partial charge in [-0.1, -0.05) is 0 Å². The molecular formula is C12H13NO4. The van der Waals surface area contributed by atoms with Gasteiger partial charge in [-0.2, -0.15) is 5.26 Å². The van der Waals surface area contributed by atoms with Crippen LogP contribution in [-0.2, 0) is 4.74 Å². The van der Waals surface area contributed by atoms with Crippen molar-refractivity contribution >= 4 is 5.97 Å². The second-order valence-corrected chi connectivity index (χ2v) is 3.25. The summed E-state index contributed by atoms with van der Waals surface area (Å²) in [6.45, 7) is 1.62. The van der Waals surface area contributed by atoms with Gasteiger partial charge in [0.1, 0.15) is 6.07 Å². The van der Waals surface area contributed by atoms with Crippen LogP contribution in [0, 0.1) is 11.3 Å². The molecule has 1 atom stereocenters. The third-order valence-corrected chi connectivity index (χ3v) is 2.07. The van der Waals surface area contributed by atoms with Crippen molar-refractivity contribution in [3.63, 3.8) is 0 Å². The summed E-state index contributed by atoms with van der Waals surface area (Å²) in [6, 6.07) is 6.57. The minimum Gasteiger partial charge on any atom is -0.493 e. The highest BCUT2D eigenvalue weighted by Crippen LogP contribution is 2.29. The van der Waals surface area contributed by atoms with Crippen molar-refractivity contribution in [3.8, 4) is 17.6 Å². The third kappa shape index (κ3) is 3.11. The Kier molecular flexibility index (Phi) is 4.35. The fourth-order valence-electron chi connectivity index (χ4n) is 1.23. The van der Waals surface area contributed by atoms with Gasteiger partial charge >= 0.3 is 5.97 Å². The van der Waals surface area contributed by atoms with Crippen LogP contribution in [0.2, 0.25) is 0 Å². The van der Waals surface area contributed by atoms with E-state index in [4.69, 9.17) is 14.7 Å². The lowest BCUT2D eigenvalue weighted by molar-refractivity contribution is 0.0600. The molecule has 0 amide bonds. The van der Waals surface area contributed by atoms with Gasteiger partial charge < -0.3 is 14.2 Å². The Hall–Kier alpha value is -2.22. The van der Waals surface area contributed by atoms with Gasteiger partial charge in [0.15, 0.2) is 17.6 Å². The monoisotopic (exact) mass is 235 g/mol. The molecule has 5 nitrogen and oxygen atoms in total. The number of nitrogens with zero attached hydrogens (tertiary/aromatic N) is 1. The van der Waals surface area contributed by atoms with Crippen molar-refractivity contribution < 1.29 is 19.0 Å². The molecular weight excluding hydrogens is 222 g/mol. The molecule has 0 aliphatic carbocycles. The molecule has 0 aromatic heterocycles. The minimum absolute atomic E-state index is 0.362. The van der Waals surface area contributed by atoms with Gasteiger partial charge in [0.2, 0.25) is 0 Å². The summed E-state index contributed by atoms with van der Waals surface area (Å²) in [5.74, 6) is 0.340. The van der Waals surface area contributed by atoms with E-state index < -0.39 is 12.1 Å². The second-order valence-electron chi connectivity index (χ2n) is 3.25. The molecule has 17 heavy (non-hydrogen) atoms. The first kappa shape index (κ1) is 12.8.